The molecule has 1 nitrogen and oxygen atoms in total. The van der Waals surface area contributed by atoms with Crippen molar-refractivity contribution in [3.63, 3.8) is 0 Å². The molecule has 0 fully saturated rings. The zero-order valence-corrected chi connectivity index (χ0v) is 11.1. The lowest BCUT2D eigenvalue weighted by Gasteiger charge is -2.04. The van der Waals surface area contributed by atoms with Gasteiger partial charge in [0.1, 0.15) is 11.6 Å². The van der Waals surface area contributed by atoms with Gasteiger partial charge in [-0.3, -0.25) is 4.79 Å². The monoisotopic (exact) mass is 278 g/mol. The van der Waals surface area contributed by atoms with Crippen LogP contribution in [0.2, 0.25) is 0 Å². The Morgan fingerprint density at radius 1 is 1.05 bits per heavy atom. The van der Waals surface area contributed by atoms with Gasteiger partial charge in [0, 0.05) is 4.90 Å². The number of rotatable bonds is 4. The lowest BCUT2D eigenvalue weighted by Crippen LogP contribution is -2.08. The van der Waals surface area contributed by atoms with Gasteiger partial charge in [-0.05, 0) is 31.2 Å². The molecule has 0 unspecified atom stereocenters. The maximum Gasteiger partial charge on any atom is 0.178 e. The van der Waals surface area contributed by atoms with E-state index in [0.29, 0.717) is 0 Å². The second-order valence-electron chi connectivity index (χ2n) is 4.12. The fourth-order valence-electron chi connectivity index (χ4n) is 1.62. The van der Waals surface area contributed by atoms with Crippen molar-refractivity contribution in [2.24, 2.45) is 0 Å². The molecular formula is C15H12F2OS. The summed E-state index contributed by atoms with van der Waals surface area (Å²) in [6.45, 7) is 1.97. The van der Waals surface area contributed by atoms with E-state index >= 15 is 0 Å². The Morgan fingerprint density at radius 2 is 1.63 bits per heavy atom. The molecule has 0 radical (unpaired) electrons. The molecule has 0 aliphatic carbocycles. The summed E-state index contributed by atoms with van der Waals surface area (Å²) in [5, 5.41) is 0. The first-order chi connectivity index (χ1) is 9.08. The van der Waals surface area contributed by atoms with Crippen LogP contribution in [0, 0.1) is 18.6 Å². The highest BCUT2D eigenvalue weighted by molar-refractivity contribution is 8.00. The number of ketones is 1. The molecule has 4 heteroatoms. The summed E-state index contributed by atoms with van der Waals surface area (Å²) in [6.07, 6.45) is 0. The van der Waals surface area contributed by atoms with E-state index in [4.69, 9.17) is 0 Å². The van der Waals surface area contributed by atoms with Crippen LogP contribution in [0.5, 0.6) is 0 Å². The van der Waals surface area contributed by atoms with Crippen LogP contribution >= 0.6 is 11.8 Å². The van der Waals surface area contributed by atoms with Crippen molar-refractivity contribution in [1.82, 2.24) is 0 Å². The third-order valence-corrected chi connectivity index (χ3v) is 3.64. The van der Waals surface area contributed by atoms with Crippen LogP contribution in [-0.4, -0.2) is 11.5 Å². The summed E-state index contributed by atoms with van der Waals surface area (Å²) in [5.74, 6) is -2.15. The van der Waals surface area contributed by atoms with Gasteiger partial charge in [-0.25, -0.2) is 8.78 Å². The van der Waals surface area contributed by atoms with Crippen molar-refractivity contribution >= 4 is 17.5 Å². The van der Waals surface area contributed by atoms with Gasteiger partial charge >= 0.3 is 0 Å². The maximum absolute atomic E-state index is 13.4. The Morgan fingerprint density at radius 3 is 2.21 bits per heavy atom. The van der Waals surface area contributed by atoms with E-state index in [9.17, 15) is 13.6 Å². The summed E-state index contributed by atoms with van der Waals surface area (Å²) >= 11 is 1.27. The molecule has 0 heterocycles. The van der Waals surface area contributed by atoms with E-state index in [1.54, 1.807) is 0 Å². The van der Waals surface area contributed by atoms with Gasteiger partial charge in [0.2, 0.25) is 0 Å². The molecule has 2 aromatic carbocycles. The number of thioether (sulfide) groups is 1. The molecule has 0 aromatic heterocycles. The SMILES string of the molecule is Cc1ccc(SCC(=O)c2c(F)cccc2F)cc1. The van der Waals surface area contributed by atoms with E-state index in [1.807, 2.05) is 31.2 Å². The van der Waals surface area contributed by atoms with Gasteiger partial charge in [-0.15, -0.1) is 11.8 Å². The first-order valence-corrected chi connectivity index (χ1v) is 6.73. The van der Waals surface area contributed by atoms with Gasteiger partial charge in [-0.1, -0.05) is 23.8 Å². The van der Waals surface area contributed by atoms with Crippen LogP contribution < -0.4 is 0 Å². The summed E-state index contributed by atoms with van der Waals surface area (Å²) in [7, 11) is 0. The Kier molecular flexibility index (Phi) is 4.32. The van der Waals surface area contributed by atoms with E-state index in [2.05, 4.69) is 0 Å². The Labute approximate surface area is 114 Å². The lowest BCUT2D eigenvalue weighted by atomic mass is 10.1. The van der Waals surface area contributed by atoms with E-state index in [0.717, 1.165) is 22.6 Å². The van der Waals surface area contributed by atoms with Crippen molar-refractivity contribution < 1.29 is 13.6 Å². The highest BCUT2D eigenvalue weighted by Gasteiger charge is 2.16. The minimum atomic E-state index is -0.811. The third-order valence-electron chi connectivity index (χ3n) is 2.63. The molecule has 0 spiro atoms. The van der Waals surface area contributed by atoms with Gasteiger partial charge in [0.25, 0.3) is 0 Å². The molecule has 2 aromatic rings. The highest BCUT2D eigenvalue weighted by atomic mass is 32.2. The number of aryl methyl sites for hydroxylation is 1. The number of carbonyl (C=O) groups is 1. The van der Waals surface area contributed by atoms with Crippen LogP contribution in [0.15, 0.2) is 47.4 Å². The van der Waals surface area contributed by atoms with Crippen molar-refractivity contribution in [1.29, 1.82) is 0 Å². The summed E-state index contributed by atoms with van der Waals surface area (Å²) in [5.41, 5.74) is 0.665. The number of benzene rings is 2. The standard InChI is InChI=1S/C15H12F2OS/c1-10-5-7-11(8-6-10)19-9-14(18)15-12(16)3-2-4-13(15)17/h2-8H,9H2,1H3. The van der Waals surface area contributed by atoms with Crippen molar-refractivity contribution in [3.8, 4) is 0 Å². The normalized spacial score (nSPS) is 10.5. The molecule has 2 rings (SSSR count). The summed E-state index contributed by atoms with van der Waals surface area (Å²) in [6, 6.07) is 11.0. The number of halogens is 2. The molecule has 98 valence electrons. The minimum Gasteiger partial charge on any atom is -0.293 e. The van der Waals surface area contributed by atoms with Gasteiger partial charge in [0.15, 0.2) is 5.78 Å². The zero-order chi connectivity index (χ0) is 13.8. The van der Waals surface area contributed by atoms with Crippen LogP contribution in [0.25, 0.3) is 0 Å². The average Bonchev–Trinajstić information content (AvgIpc) is 2.38. The predicted molar refractivity (Wildman–Crippen MR) is 72.6 cm³/mol. The van der Waals surface area contributed by atoms with E-state index < -0.39 is 23.0 Å². The first kappa shape index (κ1) is 13.7. The minimum absolute atomic E-state index is 0.0148. The molecule has 19 heavy (non-hydrogen) atoms. The fraction of sp³-hybridized carbons (Fsp3) is 0.133. The summed E-state index contributed by atoms with van der Waals surface area (Å²) in [4.78, 5) is 12.7. The van der Waals surface area contributed by atoms with E-state index in [-0.39, 0.29) is 5.75 Å². The smallest absolute Gasteiger partial charge is 0.178 e. The van der Waals surface area contributed by atoms with Crippen molar-refractivity contribution in [2.75, 3.05) is 5.75 Å². The van der Waals surface area contributed by atoms with Gasteiger partial charge in [0.05, 0.1) is 11.3 Å². The Bertz CT molecular complexity index is 573. The molecular weight excluding hydrogens is 266 g/mol. The largest absolute Gasteiger partial charge is 0.293 e. The molecule has 0 saturated carbocycles. The van der Waals surface area contributed by atoms with Crippen LogP contribution in [0.3, 0.4) is 0 Å². The molecule has 0 N–H and O–H groups in total. The Hall–Kier alpha value is -1.68. The lowest BCUT2D eigenvalue weighted by molar-refractivity contribution is 0.101. The number of hydrogen-bond acceptors (Lipinski definition) is 2. The quantitative estimate of drug-likeness (QED) is 0.614. The van der Waals surface area contributed by atoms with Crippen LogP contribution in [0.1, 0.15) is 15.9 Å². The predicted octanol–water partition coefficient (Wildman–Crippen LogP) is 4.25. The third kappa shape index (κ3) is 3.41. The second kappa shape index (κ2) is 5.97. The molecule has 0 bridgehead atoms. The van der Waals surface area contributed by atoms with Gasteiger partial charge < -0.3 is 0 Å². The second-order valence-corrected chi connectivity index (χ2v) is 5.17. The highest BCUT2D eigenvalue weighted by Crippen LogP contribution is 2.21. The maximum atomic E-state index is 13.4. The topological polar surface area (TPSA) is 17.1 Å². The molecule has 0 saturated heterocycles. The van der Waals surface area contributed by atoms with E-state index in [1.165, 1.54) is 17.8 Å². The first-order valence-electron chi connectivity index (χ1n) is 5.74. The average molecular weight is 278 g/mol. The van der Waals surface area contributed by atoms with Crippen molar-refractivity contribution in [2.45, 2.75) is 11.8 Å². The molecule has 0 aliphatic rings. The van der Waals surface area contributed by atoms with Crippen molar-refractivity contribution in [3.05, 3.63) is 65.2 Å². The Balaban J connectivity index is 2.07. The van der Waals surface area contributed by atoms with Gasteiger partial charge in [-0.2, -0.15) is 0 Å². The molecule has 0 aliphatic heterocycles. The van der Waals surface area contributed by atoms with Crippen LogP contribution in [-0.2, 0) is 0 Å². The molecule has 0 atom stereocenters. The fourth-order valence-corrected chi connectivity index (χ4v) is 2.39. The number of Topliss-reactive ketones (excluding diaryl/α,β-unsaturated/α-hetero) is 1. The summed E-state index contributed by atoms with van der Waals surface area (Å²) < 4.78 is 26.8. The molecule has 0 amide bonds. The number of carbonyl (C=O) groups excluding carboxylic acids is 1. The number of hydrogen-bond donors (Lipinski definition) is 0. The zero-order valence-electron chi connectivity index (χ0n) is 10.3. The van der Waals surface area contributed by atoms with Crippen LogP contribution in [0.4, 0.5) is 8.78 Å².